The first-order chi connectivity index (χ1) is 15.9. The standard InChI is InChI=1S/C26H30N2O5/c1-17(25(31)28-14-6-7-18(15-28)12-13-24(29)30)27-26(32)33-16-23-21-10-4-2-8-19(21)20-9-3-5-11-22(20)23/h2-5,8-11,17-18,23H,6-7,12-16H2,1H3,(H,27,32)(H,29,30)/t17-,18?/m0/s1. The van der Waals surface area contributed by atoms with E-state index in [1.54, 1.807) is 11.8 Å². The molecule has 4 rings (SSSR count). The van der Waals surface area contributed by atoms with Gasteiger partial charge in [-0.1, -0.05) is 48.5 Å². The summed E-state index contributed by atoms with van der Waals surface area (Å²) in [6.45, 7) is 3.01. The van der Waals surface area contributed by atoms with Crippen LogP contribution >= 0.6 is 0 Å². The van der Waals surface area contributed by atoms with E-state index in [2.05, 4.69) is 29.6 Å². The van der Waals surface area contributed by atoms with Crippen molar-refractivity contribution in [3.8, 4) is 11.1 Å². The maximum Gasteiger partial charge on any atom is 0.407 e. The van der Waals surface area contributed by atoms with Crippen molar-refractivity contribution >= 4 is 18.0 Å². The number of rotatable bonds is 7. The minimum atomic E-state index is -0.816. The van der Waals surface area contributed by atoms with Gasteiger partial charge in [0.15, 0.2) is 0 Å². The van der Waals surface area contributed by atoms with Crippen molar-refractivity contribution in [1.82, 2.24) is 10.2 Å². The van der Waals surface area contributed by atoms with E-state index >= 15 is 0 Å². The van der Waals surface area contributed by atoms with Gasteiger partial charge in [0.05, 0.1) is 0 Å². The van der Waals surface area contributed by atoms with E-state index in [4.69, 9.17) is 9.84 Å². The molecule has 0 spiro atoms. The highest BCUT2D eigenvalue weighted by atomic mass is 16.5. The summed E-state index contributed by atoms with van der Waals surface area (Å²) in [7, 11) is 0. The number of carbonyl (C=O) groups excluding carboxylic acids is 2. The normalized spacial score (nSPS) is 18.2. The van der Waals surface area contributed by atoms with Crippen LogP contribution in [-0.2, 0) is 14.3 Å². The number of aliphatic carboxylic acids is 1. The van der Waals surface area contributed by atoms with Gasteiger partial charge in [-0.25, -0.2) is 4.79 Å². The van der Waals surface area contributed by atoms with Crippen molar-refractivity contribution in [2.24, 2.45) is 5.92 Å². The molecule has 1 aliphatic heterocycles. The summed E-state index contributed by atoms with van der Waals surface area (Å²) in [5.74, 6) is -0.834. The van der Waals surface area contributed by atoms with E-state index in [9.17, 15) is 14.4 Å². The summed E-state index contributed by atoms with van der Waals surface area (Å²) in [5, 5.41) is 11.6. The number of nitrogens with zero attached hydrogens (tertiary/aromatic N) is 1. The van der Waals surface area contributed by atoms with Gasteiger partial charge in [-0.05, 0) is 54.4 Å². The number of carboxylic acid groups (broad SMARTS) is 1. The molecule has 33 heavy (non-hydrogen) atoms. The molecule has 2 atom stereocenters. The van der Waals surface area contributed by atoms with Crippen LogP contribution in [0, 0.1) is 5.92 Å². The molecular weight excluding hydrogens is 420 g/mol. The zero-order valence-corrected chi connectivity index (χ0v) is 18.8. The third kappa shape index (κ3) is 5.18. The second kappa shape index (κ2) is 10.1. The van der Waals surface area contributed by atoms with E-state index in [1.807, 2.05) is 24.3 Å². The summed E-state index contributed by atoms with van der Waals surface area (Å²) in [5.41, 5.74) is 4.59. The molecule has 1 heterocycles. The molecule has 1 saturated heterocycles. The zero-order valence-electron chi connectivity index (χ0n) is 18.8. The molecule has 0 radical (unpaired) electrons. The number of likely N-dealkylation sites (tertiary alicyclic amines) is 1. The van der Waals surface area contributed by atoms with E-state index in [0.717, 1.165) is 35.1 Å². The lowest BCUT2D eigenvalue weighted by atomic mass is 9.93. The van der Waals surface area contributed by atoms with Crippen molar-refractivity contribution in [2.75, 3.05) is 19.7 Å². The molecule has 0 saturated carbocycles. The van der Waals surface area contributed by atoms with Gasteiger partial charge in [-0.15, -0.1) is 0 Å². The maximum absolute atomic E-state index is 12.8. The lowest BCUT2D eigenvalue weighted by Crippen LogP contribution is -2.50. The molecular formula is C26H30N2O5. The smallest absolute Gasteiger partial charge is 0.407 e. The van der Waals surface area contributed by atoms with Crippen molar-refractivity contribution in [2.45, 2.75) is 44.6 Å². The fourth-order valence-electron chi connectivity index (χ4n) is 4.98. The molecule has 2 aromatic carbocycles. The Morgan fingerprint density at radius 2 is 1.73 bits per heavy atom. The first-order valence-corrected chi connectivity index (χ1v) is 11.6. The van der Waals surface area contributed by atoms with Crippen molar-refractivity contribution in [3.05, 3.63) is 59.7 Å². The Morgan fingerprint density at radius 3 is 2.36 bits per heavy atom. The fraction of sp³-hybridized carbons (Fsp3) is 0.423. The van der Waals surface area contributed by atoms with E-state index in [-0.39, 0.29) is 30.8 Å². The summed E-state index contributed by atoms with van der Waals surface area (Å²) in [6, 6.07) is 15.6. The van der Waals surface area contributed by atoms with Crippen LogP contribution in [0.25, 0.3) is 11.1 Å². The molecule has 1 aliphatic carbocycles. The Hall–Kier alpha value is -3.35. The molecule has 7 heteroatoms. The van der Waals surface area contributed by atoms with Crippen LogP contribution in [0.5, 0.6) is 0 Å². The molecule has 1 unspecified atom stereocenters. The highest BCUT2D eigenvalue weighted by Crippen LogP contribution is 2.44. The number of hydrogen-bond acceptors (Lipinski definition) is 4. The molecule has 2 aromatic rings. The predicted molar refractivity (Wildman–Crippen MR) is 124 cm³/mol. The Balaban J connectivity index is 1.31. The van der Waals surface area contributed by atoms with Crippen LogP contribution < -0.4 is 5.32 Å². The lowest BCUT2D eigenvalue weighted by Gasteiger charge is -2.34. The van der Waals surface area contributed by atoms with Crippen LogP contribution in [0.2, 0.25) is 0 Å². The highest BCUT2D eigenvalue weighted by molar-refractivity contribution is 5.85. The minimum Gasteiger partial charge on any atom is -0.481 e. The maximum atomic E-state index is 12.8. The third-order valence-electron chi connectivity index (χ3n) is 6.65. The predicted octanol–water partition coefficient (Wildman–Crippen LogP) is 4.02. The third-order valence-corrected chi connectivity index (χ3v) is 6.65. The number of alkyl carbamates (subject to hydrolysis) is 1. The number of carboxylic acids is 1. The van der Waals surface area contributed by atoms with Gasteiger partial charge in [0.1, 0.15) is 12.6 Å². The summed E-state index contributed by atoms with van der Waals surface area (Å²) in [6.07, 6.45) is 1.82. The number of piperidine rings is 1. The number of nitrogens with one attached hydrogen (secondary N) is 1. The van der Waals surface area contributed by atoms with E-state index in [0.29, 0.717) is 19.5 Å². The second-order valence-electron chi connectivity index (χ2n) is 8.92. The first-order valence-electron chi connectivity index (χ1n) is 11.6. The Morgan fingerprint density at radius 1 is 1.09 bits per heavy atom. The van der Waals surface area contributed by atoms with Gasteiger partial charge in [0.2, 0.25) is 5.91 Å². The lowest BCUT2D eigenvalue weighted by molar-refractivity contribution is -0.137. The van der Waals surface area contributed by atoms with Gasteiger partial charge in [0.25, 0.3) is 0 Å². The van der Waals surface area contributed by atoms with Crippen molar-refractivity contribution < 1.29 is 24.2 Å². The van der Waals surface area contributed by atoms with Gasteiger partial charge in [-0.2, -0.15) is 0 Å². The summed E-state index contributed by atoms with van der Waals surface area (Å²) < 4.78 is 5.55. The number of hydrogen-bond donors (Lipinski definition) is 2. The Bertz CT molecular complexity index is 991. The SMILES string of the molecule is C[C@H](NC(=O)OCC1c2ccccc2-c2ccccc21)C(=O)N1CCCC(CCC(=O)O)C1. The monoisotopic (exact) mass is 450 g/mol. The first kappa shape index (κ1) is 22.8. The van der Waals surface area contributed by atoms with Crippen molar-refractivity contribution in [1.29, 1.82) is 0 Å². The molecule has 1 fully saturated rings. The van der Waals surface area contributed by atoms with Crippen LogP contribution in [0.3, 0.4) is 0 Å². The summed E-state index contributed by atoms with van der Waals surface area (Å²) >= 11 is 0. The van der Waals surface area contributed by atoms with Gasteiger partial charge >= 0.3 is 12.1 Å². The van der Waals surface area contributed by atoms with Crippen LogP contribution in [0.4, 0.5) is 4.79 Å². The Kier molecular flexibility index (Phi) is 6.96. The molecule has 0 bridgehead atoms. The molecule has 7 nitrogen and oxygen atoms in total. The molecule has 2 N–H and O–H groups in total. The van der Waals surface area contributed by atoms with Crippen LogP contribution in [0.1, 0.15) is 49.7 Å². The summed E-state index contributed by atoms with van der Waals surface area (Å²) in [4.78, 5) is 37.9. The average Bonchev–Trinajstić information content (AvgIpc) is 3.15. The van der Waals surface area contributed by atoms with Gasteiger partial charge in [-0.3, -0.25) is 9.59 Å². The second-order valence-corrected chi connectivity index (χ2v) is 8.92. The average molecular weight is 451 g/mol. The number of carbonyl (C=O) groups is 3. The molecule has 174 valence electrons. The topological polar surface area (TPSA) is 95.9 Å². The number of fused-ring (bicyclic) bond motifs is 3. The van der Waals surface area contributed by atoms with E-state index in [1.165, 1.54) is 0 Å². The minimum absolute atomic E-state index is 0.0359. The largest absolute Gasteiger partial charge is 0.481 e. The molecule has 2 aliphatic rings. The highest BCUT2D eigenvalue weighted by Gasteiger charge is 2.31. The fourth-order valence-corrected chi connectivity index (χ4v) is 4.98. The van der Waals surface area contributed by atoms with Gasteiger partial charge in [0, 0.05) is 25.4 Å². The van der Waals surface area contributed by atoms with Gasteiger partial charge < -0.3 is 20.1 Å². The van der Waals surface area contributed by atoms with E-state index < -0.39 is 18.1 Å². The zero-order chi connectivity index (χ0) is 23.4. The van der Waals surface area contributed by atoms with Crippen molar-refractivity contribution in [3.63, 3.8) is 0 Å². The number of amides is 2. The van der Waals surface area contributed by atoms with Crippen LogP contribution in [-0.4, -0.2) is 53.7 Å². The number of ether oxygens (including phenoxy) is 1. The number of benzene rings is 2. The Labute approximate surface area is 193 Å². The van der Waals surface area contributed by atoms with Crippen LogP contribution in [0.15, 0.2) is 48.5 Å². The molecule has 2 amide bonds. The molecule has 0 aromatic heterocycles. The quantitative estimate of drug-likeness (QED) is 0.664.